The molecule has 1 saturated heterocycles. The van der Waals surface area contributed by atoms with E-state index in [2.05, 4.69) is 23.9 Å². The van der Waals surface area contributed by atoms with Crippen LogP contribution in [0.25, 0.3) is 0 Å². The number of aliphatic hydroxyl groups excluding tert-OH is 1. The lowest BCUT2D eigenvalue weighted by molar-refractivity contribution is 0.0110. The van der Waals surface area contributed by atoms with Gasteiger partial charge in [0, 0.05) is 12.6 Å². The van der Waals surface area contributed by atoms with Gasteiger partial charge in [-0.1, -0.05) is 25.7 Å². The van der Waals surface area contributed by atoms with Crippen LogP contribution in [0.3, 0.4) is 0 Å². The summed E-state index contributed by atoms with van der Waals surface area (Å²) >= 11 is 0. The van der Waals surface area contributed by atoms with Crippen LogP contribution in [0.5, 0.6) is 0 Å². The zero-order chi connectivity index (χ0) is 13.0. The Kier molecular flexibility index (Phi) is 5.46. The number of nitrogens with zero attached hydrogens (tertiary/aromatic N) is 2. The summed E-state index contributed by atoms with van der Waals surface area (Å²) in [4.78, 5) is 4.77. The number of rotatable bonds is 2. The third-order valence-corrected chi connectivity index (χ3v) is 4.89. The Hall–Kier alpha value is -0.120. The molecule has 1 aliphatic heterocycles. The fourth-order valence-corrected chi connectivity index (χ4v) is 3.64. The highest BCUT2D eigenvalue weighted by molar-refractivity contribution is 4.87. The standard InChI is InChI=1S/C15H30N2O/c1-16-10-7-11-17(2)14(12-16)15(18)13-8-5-3-4-6-9-13/h13-15,18H,3-12H2,1-2H3. The lowest BCUT2D eigenvalue weighted by atomic mass is 9.89. The van der Waals surface area contributed by atoms with E-state index >= 15 is 0 Å². The third kappa shape index (κ3) is 3.69. The van der Waals surface area contributed by atoms with E-state index < -0.39 is 0 Å². The minimum atomic E-state index is -0.131. The monoisotopic (exact) mass is 254 g/mol. The van der Waals surface area contributed by atoms with Crippen molar-refractivity contribution in [2.75, 3.05) is 33.7 Å². The summed E-state index contributed by atoms with van der Waals surface area (Å²) in [6.07, 6.45) is 8.91. The van der Waals surface area contributed by atoms with Crippen molar-refractivity contribution in [1.82, 2.24) is 9.80 Å². The van der Waals surface area contributed by atoms with Crippen LogP contribution >= 0.6 is 0 Å². The number of aliphatic hydroxyl groups is 1. The zero-order valence-corrected chi connectivity index (χ0v) is 12.1. The van der Waals surface area contributed by atoms with Crippen LogP contribution in [0.4, 0.5) is 0 Å². The fraction of sp³-hybridized carbons (Fsp3) is 1.00. The van der Waals surface area contributed by atoms with E-state index in [9.17, 15) is 5.11 Å². The Morgan fingerprint density at radius 3 is 2.28 bits per heavy atom. The van der Waals surface area contributed by atoms with Gasteiger partial charge >= 0.3 is 0 Å². The Balaban J connectivity index is 1.97. The first-order chi connectivity index (χ1) is 8.68. The summed E-state index contributed by atoms with van der Waals surface area (Å²) in [5.74, 6) is 0.534. The average Bonchev–Trinajstić information content (AvgIpc) is 2.70. The van der Waals surface area contributed by atoms with Crippen molar-refractivity contribution < 1.29 is 5.11 Å². The van der Waals surface area contributed by atoms with Crippen molar-refractivity contribution in [1.29, 1.82) is 0 Å². The maximum Gasteiger partial charge on any atom is 0.0735 e. The molecular weight excluding hydrogens is 224 g/mol. The van der Waals surface area contributed by atoms with Gasteiger partial charge in [-0.05, 0) is 52.4 Å². The molecule has 18 heavy (non-hydrogen) atoms. The average molecular weight is 254 g/mol. The predicted octanol–water partition coefficient (Wildman–Crippen LogP) is 1.95. The van der Waals surface area contributed by atoms with Crippen molar-refractivity contribution in [3.63, 3.8) is 0 Å². The smallest absolute Gasteiger partial charge is 0.0735 e. The molecule has 2 atom stereocenters. The Morgan fingerprint density at radius 1 is 0.944 bits per heavy atom. The van der Waals surface area contributed by atoms with E-state index in [0.29, 0.717) is 12.0 Å². The molecule has 2 fully saturated rings. The number of hydrogen-bond donors (Lipinski definition) is 1. The van der Waals surface area contributed by atoms with Gasteiger partial charge in [0.1, 0.15) is 0 Å². The highest BCUT2D eigenvalue weighted by atomic mass is 16.3. The van der Waals surface area contributed by atoms with Crippen molar-refractivity contribution in [2.45, 2.75) is 57.1 Å². The summed E-state index contributed by atoms with van der Waals surface area (Å²) in [6.45, 7) is 3.31. The molecule has 1 heterocycles. The van der Waals surface area contributed by atoms with E-state index in [1.165, 1.54) is 44.9 Å². The second-order valence-electron chi connectivity index (χ2n) is 6.41. The number of likely N-dealkylation sites (N-methyl/N-ethyl adjacent to an activating group) is 2. The molecule has 0 aromatic heterocycles. The first-order valence-corrected chi connectivity index (χ1v) is 7.75. The van der Waals surface area contributed by atoms with Crippen molar-refractivity contribution in [3.8, 4) is 0 Å². The first kappa shape index (κ1) is 14.3. The van der Waals surface area contributed by atoms with Gasteiger partial charge in [0.15, 0.2) is 0 Å². The normalized spacial score (nSPS) is 31.8. The van der Waals surface area contributed by atoms with Gasteiger partial charge in [0.2, 0.25) is 0 Å². The Bertz CT molecular complexity index is 239. The Morgan fingerprint density at radius 2 is 1.61 bits per heavy atom. The van der Waals surface area contributed by atoms with Gasteiger partial charge in [0.05, 0.1) is 6.10 Å². The Labute approximate surface area is 112 Å². The minimum Gasteiger partial charge on any atom is -0.391 e. The van der Waals surface area contributed by atoms with Crippen LogP contribution in [0, 0.1) is 5.92 Å². The van der Waals surface area contributed by atoms with Crippen LogP contribution in [-0.4, -0.2) is 60.8 Å². The third-order valence-electron chi connectivity index (χ3n) is 4.89. The molecule has 1 aliphatic carbocycles. The first-order valence-electron chi connectivity index (χ1n) is 7.75. The quantitative estimate of drug-likeness (QED) is 0.763. The summed E-state index contributed by atoms with van der Waals surface area (Å²) in [6, 6.07) is 0.334. The molecule has 3 nitrogen and oxygen atoms in total. The van der Waals surface area contributed by atoms with Crippen LogP contribution in [0.1, 0.15) is 44.9 Å². The molecule has 0 spiro atoms. The molecular formula is C15H30N2O. The predicted molar refractivity (Wildman–Crippen MR) is 75.7 cm³/mol. The molecule has 0 radical (unpaired) electrons. The van der Waals surface area contributed by atoms with Gasteiger partial charge < -0.3 is 10.0 Å². The molecule has 2 rings (SSSR count). The second kappa shape index (κ2) is 6.88. The highest BCUT2D eigenvalue weighted by Gasteiger charge is 2.32. The van der Waals surface area contributed by atoms with Crippen molar-refractivity contribution in [2.24, 2.45) is 5.92 Å². The molecule has 1 saturated carbocycles. The van der Waals surface area contributed by atoms with E-state index in [-0.39, 0.29) is 6.10 Å². The van der Waals surface area contributed by atoms with Gasteiger partial charge in [-0.3, -0.25) is 4.90 Å². The summed E-state index contributed by atoms with van der Waals surface area (Å²) in [5, 5.41) is 10.8. The molecule has 2 unspecified atom stereocenters. The van der Waals surface area contributed by atoms with E-state index in [0.717, 1.165) is 19.6 Å². The molecule has 1 N–H and O–H groups in total. The maximum absolute atomic E-state index is 10.8. The minimum absolute atomic E-state index is 0.131. The van der Waals surface area contributed by atoms with Crippen molar-refractivity contribution in [3.05, 3.63) is 0 Å². The molecule has 0 aromatic rings. The van der Waals surface area contributed by atoms with Gasteiger partial charge in [-0.25, -0.2) is 0 Å². The summed E-state index contributed by atoms with van der Waals surface area (Å²) in [5.41, 5.74) is 0. The molecule has 3 heteroatoms. The largest absolute Gasteiger partial charge is 0.391 e. The van der Waals surface area contributed by atoms with Crippen LogP contribution < -0.4 is 0 Å². The molecule has 0 aromatic carbocycles. The highest BCUT2D eigenvalue weighted by Crippen LogP contribution is 2.28. The molecule has 0 amide bonds. The molecule has 106 valence electrons. The lowest BCUT2D eigenvalue weighted by Crippen LogP contribution is -2.49. The summed E-state index contributed by atoms with van der Waals surface area (Å²) in [7, 11) is 4.37. The topological polar surface area (TPSA) is 26.7 Å². The van der Waals surface area contributed by atoms with E-state index in [4.69, 9.17) is 0 Å². The van der Waals surface area contributed by atoms with Crippen LogP contribution in [0.15, 0.2) is 0 Å². The fourth-order valence-electron chi connectivity index (χ4n) is 3.64. The number of hydrogen-bond acceptors (Lipinski definition) is 3. The van der Waals surface area contributed by atoms with Gasteiger partial charge in [-0.15, -0.1) is 0 Å². The van der Waals surface area contributed by atoms with Crippen molar-refractivity contribution >= 4 is 0 Å². The van der Waals surface area contributed by atoms with E-state index in [1.54, 1.807) is 0 Å². The van der Waals surface area contributed by atoms with Crippen LogP contribution in [-0.2, 0) is 0 Å². The maximum atomic E-state index is 10.8. The SMILES string of the molecule is CN1CCCN(C)C(C(O)C2CCCCCC2)C1. The molecule has 0 bridgehead atoms. The summed E-state index contributed by atoms with van der Waals surface area (Å²) < 4.78 is 0. The zero-order valence-electron chi connectivity index (χ0n) is 12.1. The van der Waals surface area contributed by atoms with Gasteiger partial charge in [-0.2, -0.15) is 0 Å². The van der Waals surface area contributed by atoms with Crippen LogP contribution in [0.2, 0.25) is 0 Å². The van der Waals surface area contributed by atoms with E-state index in [1.807, 2.05) is 0 Å². The molecule has 2 aliphatic rings. The second-order valence-corrected chi connectivity index (χ2v) is 6.41. The lowest BCUT2D eigenvalue weighted by Gasteiger charge is -2.35. The van der Waals surface area contributed by atoms with Gasteiger partial charge in [0.25, 0.3) is 0 Å².